The van der Waals surface area contributed by atoms with E-state index in [4.69, 9.17) is 18.3 Å². The molecule has 0 saturated heterocycles. The van der Waals surface area contributed by atoms with E-state index in [0.717, 1.165) is 10.8 Å². The lowest BCUT2D eigenvalue weighted by Gasteiger charge is -2.19. The van der Waals surface area contributed by atoms with Crippen molar-refractivity contribution in [2.24, 2.45) is 0 Å². The second-order valence-corrected chi connectivity index (χ2v) is 10.9. The number of ether oxygens (including phenoxy) is 2. The van der Waals surface area contributed by atoms with Crippen LogP contribution in [0.15, 0.2) is 54.6 Å². The predicted octanol–water partition coefficient (Wildman–Crippen LogP) is 5.08. The van der Waals surface area contributed by atoms with Crippen molar-refractivity contribution < 1.29 is 23.1 Å². The molecule has 0 aliphatic rings. The molecule has 29 heavy (non-hydrogen) atoms. The van der Waals surface area contributed by atoms with E-state index in [1.54, 1.807) is 7.11 Å². The van der Waals surface area contributed by atoms with Crippen molar-refractivity contribution in [2.75, 3.05) is 27.1 Å². The minimum atomic E-state index is -2.10. The van der Waals surface area contributed by atoms with Gasteiger partial charge in [-0.25, -0.2) is 4.79 Å². The van der Waals surface area contributed by atoms with E-state index in [-0.39, 0.29) is 26.0 Å². The quantitative estimate of drug-likeness (QED) is 0.134. The third-order valence-electron chi connectivity index (χ3n) is 5.14. The maximum absolute atomic E-state index is 12.5. The minimum Gasteiger partial charge on any atom is -0.460 e. The van der Waals surface area contributed by atoms with Gasteiger partial charge in [0, 0.05) is 7.11 Å². The molecule has 0 fully saturated rings. The van der Waals surface area contributed by atoms with Crippen LogP contribution in [0.25, 0.3) is 32.3 Å². The van der Waals surface area contributed by atoms with E-state index in [2.05, 4.69) is 42.5 Å². The summed E-state index contributed by atoms with van der Waals surface area (Å²) in [4.78, 5) is 12.5. The van der Waals surface area contributed by atoms with Gasteiger partial charge >= 0.3 is 14.5 Å². The molecule has 0 spiro atoms. The molecule has 4 aromatic carbocycles. The van der Waals surface area contributed by atoms with Crippen LogP contribution >= 0.6 is 0 Å². The highest BCUT2D eigenvalue weighted by molar-refractivity contribution is 6.64. The fraction of sp³-hybridized carbons (Fsp3) is 0.261. The zero-order valence-electron chi connectivity index (χ0n) is 16.9. The molecule has 4 aromatic rings. The number of esters is 1. The maximum Gasteiger partial charge on any atom is 0.338 e. The zero-order valence-corrected chi connectivity index (χ0v) is 17.9. The van der Waals surface area contributed by atoms with Crippen LogP contribution in [0.5, 0.6) is 0 Å². The molecule has 150 valence electrons. The Hall–Kier alpha value is -2.51. The Bertz CT molecular complexity index is 1090. The normalized spacial score (nSPS) is 12.2. The third-order valence-corrected chi connectivity index (χ3v) is 6.94. The molecular formula is C23H24O5Si. The van der Waals surface area contributed by atoms with Crippen molar-refractivity contribution >= 4 is 46.8 Å². The molecule has 0 heterocycles. The fourth-order valence-corrected chi connectivity index (χ4v) is 3.93. The molecule has 6 heteroatoms. The van der Waals surface area contributed by atoms with Crippen LogP contribution < -0.4 is 0 Å². The van der Waals surface area contributed by atoms with Crippen LogP contribution in [0, 0.1) is 0 Å². The topological polar surface area (TPSA) is 54.0 Å². The number of carbonyl (C=O) groups is 1. The van der Waals surface area contributed by atoms with Crippen LogP contribution in [0.4, 0.5) is 0 Å². The van der Waals surface area contributed by atoms with E-state index >= 15 is 0 Å². The van der Waals surface area contributed by atoms with Crippen molar-refractivity contribution in [3.05, 3.63) is 60.2 Å². The zero-order chi connectivity index (χ0) is 20.4. The molecule has 0 atom stereocenters. The summed E-state index contributed by atoms with van der Waals surface area (Å²) in [5, 5.41) is 6.90. The molecule has 0 bridgehead atoms. The molecule has 0 unspecified atom stereocenters. The smallest absolute Gasteiger partial charge is 0.338 e. The summed E-state index contributed by atoms with van der Waals surface area (Å²) in [6, 6.07) is 18.4. The Balaban J connectivity index is 1.44. The predicted molar refractivity (Wildman–Crippen MR) is 117 cm³/mol. The number of carbonyl (C=O) groups excluding carboxylic acids is 1. The minimum absolute atomic E-state index is 0.130. The van der Waals surface area contributed by atoms with Gasteiger partial charge in [0.2, 0.25) is 0 Å². The molecule has 5 nitrogen and oxygen atoms in total. The molecule has 0 aliphatic heterocycles. The summed E-state index contributed by atoms with van der Waals surface area (Å²) in [7, 11) is -0.474. The summed E-state index contributed by atoms with van der Waals surface area (Å²) >= 11 is 0. The highest BCUT2D eigenvalue weighted by atomic mass is 28.4. The van der Waals surface area contributed by atoms with Gasteiger partial charge in [-0.05, 0) is 57.5 Å². The Morgan fingerprint density at radius 2 is 1.45 bits per heavy atom. The average Bonchev–Trinajstić information content (AvgIpc) is 2.74. The van der Waals surface area contributed by atoms with E-state index in [9.17, 15) is 4.79 Å². The summed E-state index contributed by atoms with van der Waals surface area (Å²) in [6.45, 7) is 4.44. The monoisotopic (exact) mass is 408 g/mol. The van der Waals surface area contributed by atoms with Crippen molar-refractivity contribution in [1.29, 1.82) is 0 Å². The first-order valence-corrected chi connectivity index (χ1v) is 12.4. The molecule has 0 radical (unpaired) electrons. The van der Waals surface area contributed by atoms with Gasteiger partial charge in [0.05, 0.1) is 12.2 Å². The van der Waals surface area contributed by atoms with E-state index in [1.165, 1.54) is 21.5 Å². The van der Waals surface area contributed by atoms with E-state index in [1.807, 2.05) is 25.2 Å². The third kappa shape index (κ3) is 4.11. The van der Waals surface area contributed by atoms with Crippen LogP contribution in [-0.4, -0.2) is 41.6 Å². The van der Waals surface area contributed by atoms with Crippen molar-refractivity contribution in [2.45, 2.75) is 13.1 Å². The Morgan fingerprint density at radius 3 is 2.07 bits per heavy atom. The lowest BCUT2D eigenvalue weighted by molar-refractivity contribution is -0.0250. The van der Waals surface area contributed by atoms with Gasteiger partial charge in [0.25, 0.3) is 0 Å². The van der Waals surface area contributed by atoms with E-state index in [0.29, 0.717) is 5.56 Å². The van der Waals surface area contributed by atoms with Gasteiger partial charge in [-0.2, -0.15) is 0 Å². The van der Waals surface area contributed by atoms with Crippen molar-refractivity contribution in [3.8, 4) is 0 Å². The summed E-state index contributed by atoms with van der Waals surface area (Å²) < 4.78 is 21.6. The standard InChI is InChI=1S/C23H24O5Si/c1-25-29(2,3)28-15-26-11-12-27-23(24)20-13-18-9-7-16-5-4-6-17-8-10-19(14-20)22(18)21(16)17/h4-10,13-14H,11-12,15H2,1-3H3. The second-order valence-electron chi connectivity index (χ2n) is 7.42. The first kappa shape index (κ1) is 19.8. The molecule has 4 rings (SSSR count). The molecule has 0 amide bonds. The van der Waals surface area contributed by atoms with Crippen LogP contribution in [0.2, 0.25) is 13.1 Å². The lowest BCUT2D eigenvalue weighted by Crippen LogP contribution is -2.34. The van der Waals surface area contributed by atoms with Crippen molar-refractivity contribution in [3.63, 3.8) is 0 Å². The van der Waals surface area contributed by atoms with Gasteiger partial charge < -0.3 is 18.3 Å². The van der Waals surface area contributed by atoms with Gasteiger partial charge in [0.15, 0.2) is 0 Å². The molecule has 0 N–H and O–H groups in total. The van der Waals surface area contributed by atoms with Gasteiger partial charge in [-0.3, -0.25) is 0 Å². The number of rotatable bonds is 8. The largest absolute Gasteiger partial charge is 0.460 e. The lowest BCUT2D eigenvalue weighted by atomic mass is 9.93. The summed E-state index contributed by atoms with van der Waals surface area (Å²) in [6.07, 6.45) is 0. The highest BCUT2D eigenvalue weighted by Crippen LogP contribution is 2.35. The number of hydrogen-bond donors (Lipinski definition) is 0. The number of hydrogen-bond acceptors (Lipinski definition) is 5. The van der Waals surface area contributed by atoms with Gasteiger partial charge in [-0.15, -0.1) is 0 Å². The molecule has 0 saturated carbocycles. The first-order chi connectivity index (χ1) is 14.0. The van der Waals surface area contributed by atoms with Gasteiger partial charge in [-0.1, -0.05) is 42.5 Å². The molecular weight excluding hydrogens is 384 g/mol. The SMILES string of the molecule is CO[Si](C)(C)OCOCCOC(=O)c1cc2ccc3cccc4ccc(c1)c2c34. The average molecular weight is 409 g/mol. The fourth-order valence-electron chi connectivity index (χ4n) is 3.45. The molecule has 0 aromatic heterocycles. The first-order valence-electron chi connectivity index (χ1n) is 9.60. The van der Waals surface area contributed by atoms with Crippen LogP contribution in [0.1, 0.15) is 10.4 Å². The highest BCUT2D eigenvalue weighted by Gasteiger charge is 2.22. The van der Waals surface area contributed by atoms with Crippen LogP contribution in [-0.2, 0) is 18.3 Å². The van der Waals surface area contributed by atoms with Crippen LogP contribution in [0.3, 0.4) is 0 Å². The Labute approximate surface area is 170 Å². The van der Waals surface area contributed by atoms with E-state index < -0.39 is 8.56 Å². The maximum atomic E-state index is 12.5. The molecule has 0 aliphatic carbocycles. The second kappa shape index (κ2) is 8.08. The summed E-state index contributed by atoms with van der Waals surface area (Å²) in [5.74, 6) is -0.355. The van der Waals surface area contributed by atoms with Crippen molar-refractivity contribution in [1.82, 2.24) is 0 Å². The Kier molecular flexibility index (Phi) is 5.51. The number of benzene rings is 4. The Morgan fingerprint density at radius 1 is 0.862 bits per heavy atom. The van der Waals surface area contributed by atoms with Gasteiger partial charge in [0.1, 0.15) is 13.4 Å². The summed E-state index contributed by atoms with van der Waals surface area (Å²) in [5.41, 5.74) is 0.542.